The minimum absolute atomic E-state index is 0.564. The molecular formula is C11H18N2S. The molecular weight excluding hydrogens is 192 g/mol. The first-order valence-electron chi connectivity index (χ1n) is 5.17. The van der Waals surface area contributed by atoms with Crippen LogP contribution in [-0.2, 0) is 0 Å². The monoisotopic (exact) mass is 210 g/mol. The molecule has 1 aliphatic rings. The van der Waals surface area contributed by atoms with Gasteiger partial charge in [0.15, 0.2) is 5.13 Å². The van der Waals surface area contributed by atoms with Crippen molar-refractivity contribution < 1.29 is 0 Å². The Morgan fingerprint density at radius 2 is 2.14 bits per heavy atom. The fourth-order valence-corrected chi connectivity index (χ4v) is 2.50. The first kappa shape index (κ1) is 9.97. The highest BCUT2D eigenvalue weighted by molar-refractivity contribution is 7.15. The van der Waals surface area contributed by atoms with E-state index in [-0.39, 0.29) is 0 Å². The second-order valence-corrected chi connectivity index (χ2v) is 6.13. The van der Waals surface area contributed by atoms with Gasteiger partial charge >= 0.3 is 0 Å². The molecule has 1 unspecified atom stereocenters. The van der Waals surface area contributed by atoms with Gasteiger partial charge in [0.1, 0.15) is 0 Å². The normalized spacial score (nSPS) is 23.6. The molecule has 0 spiro atoms. The number of rotatable bonds is 3. The van der Waals surface area contributed by atoms with Crippen LogP contribution in [0.25, 0.3) is 0 Å². The van der Waals surface area contributed by atoms with Gasteiger partial charge in [-0.2, -0.15) is 0 Å². The maximum atomic E-state index is 4.47. The predicted octanol–water partition coefficient (Wildman–Crippen LogP) is 3.22. The van der Waals surface area contributed by atoms with Crippen LogP contribution >= 0.6 is 11.3 Å². The highest BCUT2D eigenvalue weighted by Gasteiger charge is 2.45. The summed E-state index contributed by atoms with van der Waals surface area (Å²) in [6.45, 7) is 9.94. The number of thiazole rings is 1. The van der Waals surface area contributed by atoms with E-state index in [1.54, 1.807) is 11.3 Å². The third-order valence-corrected chi connectivity index (χ3v) is 4.28. The second-order valence-electron chi connectivity index (χ2n) is 4.93. The van der Waals surface area contributed by atoms with Gasteiger partial charge in [-0.05, 0) is 31.6 Å². The van der Waals surface area contributed by atoms with E-state index in [9.17, 15) is 0 Å². The maximum Gasteiger partial charge on any atom is 0.183 e. The van der Waals surface area contributed by atoms with E-state index in [1.807, 2.05) is 0 Å². The Bertz CT molecular complexity index is 322. The molecule has 1 aromatic rings. The molecule has 0 bridgehead atoms. The van der Waals surface area contributed by atoms with Crippen molar-refractivity contribution in [3.63, 3.8) is 0 Å². The molecule has 1 aliphatic carbocycles. The molecule has 1 atom stereocenters. The Labute approximate surface area is 89.8 Å². The number of aromatic nitrogens is 1. The van der Waals surface area contributed by atoms with E-state index < -0.39 is 0 Å². The summed E-state index contributed by atoms with van der Waals surface area (Å²) in [4.78, 5) is 5.79. The molecule has 3 heteroatoms. The zero-order valence-electron chi connectivity index (χ0n) is 9.35. The molecule has 2 nitrogen and oxygen atoms in total. The number of aryl methyl sites for hydroxylation is 2. The fraction of sp³-hybridized carbons (Fsp3) is 0.727. The molecule has 1 fully saturated rings. The van der Waals surface area contributed by atoms with Gasteiger partial charge in [0, 0.05) is 11.4 Å². The van der Waals surface area contributed by atoms with Crippen molar-refractivity contribution in [1.82, 2.24) is 4.98 Å². The molecule has 0 radical (unpaired) electrons. The lowest BCUT2D eigenvalue weighted by Gasteiger charge is -2.03. The molecule has 1 saturated carbocycles. The van der Waals surface area contributed by atoms with Crippen LogP contribution in [0.2, 0.25) is 0 Å². The lowest BCUT2D eigenvalue weighted by molar-refractivity contribution is 0.573. The molecule has 0 saturated heterocycles. The lowest BCUT2D eigenvalue weighted by Crippen LogP contribution is -2.06. The van der Waals surface area contributed by atoms with Crippen LogP contribution in [0.4, 0.5) is 5.13 Å². The summed E-state index contributed by atoms with van der Waals surface area (Å²) in [6.07, 6.45) is 1.35. The Kier molecular flexibility index (Phi) is 2.30. The summed E-state index contributed by atoms with van der Waals surface area (Å²) >= 11 is 1.76. The van der Waals surface area contributed by atoms with Gasteiger partial charge in [0.25, 0.3) is 0 Å². The minimum Gasteiger partial charge on any atom is -0.361 e. The van der Waals surface area contributed by atoms with Crippen molar-refractivity contribution in [3.05, 3.63) is 10.6 Å². The van der Waals surface area contributed by atoms with E-state index in [0.29, 0.717) is 5.41 Å². The van der Waals surface area contributed by atoms with E-state index in [0.717, 1.165) is 23.3 Å². The van der Waals surface area contributed by atoms with Gasteiger partial charge in [-0.25, -0.2) is 4.98 Å². The first-order chi connectivity index (χ1) is 6.49. The van der Waals surface area contributed by atoms with Crippen LogP contribution in [0, 0.1) is 25.2 Å². The molecule has 1 aromatic heterocycles. The average molecular weight is 210 g/mol. The van der Waals surface area contributed by atoms with Crippen LogP contribution in [0.5, 0.6) is 0 Å². The van der Waals surface area contributed by atoms with E-state index in [2.05, 4.69) is 38.0 Å². The van der Waals surface area contributed by atoms with Gasteiger partial charge in [-0.3, -0.25) is 0 Å². The number of anilines is 1. The Morgan fingerprint density at radius 3 is 2.57 bits per heavy atom. The van der Waals surface area contributed by atoms with Gasteiger partial charge in [-0.15, -0.1) is 11.3 Å². The number of nitrogens with zero attached hydrogens (tertiary/aromatic N) is 1. The molecule has 78 valence electrons. The van der Waals surface area contributed by atoms with E-state index in [4.69, 9.17) is 0 Å². The molecule has 1 heterocycles. The van der Waals surface area contributed by atoms with Gasteiger partial charge in [-0.1, -0.05) is 13.8 Å². The number of hydrogen-bond donors (Lipinski definition) is 1. The van der Waals surface area contributed by atoms with Gasteiger partial charge < -0.3 is 5.32 Å². The molecule has 1 N–H and O–H groups in total. The second kappa shape index (κ2) is 3.23. The largest absolute Gasteiger partial charge is 0.361 e. The third-order valence-electron chi connectivity index (χ3n) is 3.25. The van der Waals surface area contributed by atoms with E-state index in [1.165, 1.54) is 11.3 Å². The Balaban J connectivity index is 1.87. The van der Waals surface area contributed by atoms with Crippen LogP contribution in [0.1, 0.15) is 30.8 Å². The predicted molar refractivity (Wildman–Crippen MR) is 62.0 cm³/mol. The molecule has 2 rings (SSSR count). The number of hydrogen-bond acceptors (Lipinski definition) is 3. The quantitative estimate of drug-likeness (QED) is 0.828. The van der Waals surface area contributed by atoms with Crippen molar-refractivity contribution in [3.8, 4) is 0 Å². The van der Waals surface area contributed by atoms with Crippen LogP contribution < -0.4 is 5.32 Å². The first-order valence-corrected chi connectivity index (χ1v) is 5.98. The van der Waals surface area contributed by atoms with Crippen LogP contribution in [0.3, 0.4) is 0 Å². The highest BCUT2D eigenvalue weighted by atomic mass is 32.1. The van der Waals surface area contributed by atoms with E-state index >= 15 is 0 Å². The van der Waals surface area contributed by atoms with Crippen molar-refractivity contribution in [2.24, 2.45) is 11.3 Å². The molecule has 0 aliphatic heterocycles. The third kappa shape index (κ3) is 1.92. The summed E-state index contributed by atoms with van der Waals surface area (Å²) in [5, 5.41) is 4.52. The highest BCUT2D eigenvalue weighted by Crippen LogP contribution is 2.51. The SMILES string of the molecule is Cc1nc(NCC2CC2(C)C)sc1C. The van der Waals surface area contributed by atoms with Crippen molar-refractivity contribution in [2.45, 2.75) is 34.1 Å². The minimum atomic E-state index is 0.564. The maximum absolute atomic E-state index is 4.47. The van der Waals surface area contributed by atoms with Gasteiger partial charge in [0.2, 0.25) is 0 Å². The van der Waals surface area contributed by atoms with Gasteiger partial charge in [0.05, 0.1) is 5.69 Å². The van der Waals surface area contributed by atoms with Crippen LogP contribution in [-0.4, -0.2) is 11.5 Å². The molecule has 0 amide bonds. The summed E-state index contributed by atoms with van der Waals surface area (Å²) < 4.78 is 0. The summed E-state index contributed by atoms with van der Waals surface area (Å²) in [7, 11) is 0. The molecule has 0 aromatic carbocycles. The lowest BCUT2D eigenvalue weighted by atomic mass is 10.1. The molecule has 14 heavy (non-hydrogen) atoms. The standard InChI is InChI=1S/C11H18N2S/c1-7-8(2)14-10(13-7)12-6-9-5-11(9,3)4/h9H,5-6H2,1-4H3,(H,12,13). The Hall–Kier alpha value is -0.570. The van der Waals surface area contributed by atoms with Crippen molar-refractivity contribution in [2.75, 3.05) is 11.9 Å². The van der Waals surface area contributed by atoms with Crippen molar-refractivity contribution >= 4 is 16.5 Å². The average Bonchev–Trinajstić information content (AvgIpc) is 2.56. The fourth-order valence-electron chi connectivity index (χ4n) is 1.68. The zero-order valence-corrected chi connectivity index (χ0v) is 10.2. The topological polar surface area (TPSA) is 24.9 Å². The summed E-state index contributed by atoms with van der Waals surface area (Å²) in [5.74, 6) is 0.840. The summed E-state index contributed by atoms with van der Waals surface area (Å²) in [5.41, 5.74) is 1.72. The summed E-state index contributed by atoms with van der Waals surface area (Å²) in [6, 6.07) is 0. The zero-order chi connectivity index (χ0) is 10.3. The number of nitrogens with one attached hydrogen (secondary N) is 1. The Morgan fingerprint density at radius 1 is 1.50 bits per heavy atom. The van der Waals surface area contributed by atoms with Crippen molar-refractivity contribution in [1.29, 1.82) is 0 Å². The van der Waals surface area contributed by atoms with Crippen LogP contribution in [0.15, 0.2) is 0 Å². The smallest absolute Gasteiger partial charge is 0.183 e.